The van der Waals surface area contributed by atoms with Gasteiger partial charge in [-0.05, 0) is 23.3 Å². The molecule has 0 amide bonds. The van der Waals surface area contributed by atoms with E-state index in [0.29, 0.717) is 12.4 Å². The highest BCUT2D eigenvalue weighted by Gasteiger charge is 2.18. The van der Waals surface area contributed by atoms with Gasteiger partial charge in [-0.2, -0.15) is 0 Å². The van der Waals surface area contributed by atoms with Crippen LogP contribution in [0, 0.1) is 0 Å². The largest absolute Gasteiger partial charge is 0.493 e. The summed E-state index contributed by atoms with van der Waals surface area (Å²) >= 11 is 12.3. The lowest BCUT2D eigenvalue weighted by molar-refractivity contribution is 0.352. The van der Waals surface area contributed by atoms with Crippen molar-refractivity contribution >= 4 is 23.2 Å². The van der Waals surface area contributed by atoms with E-state index in [9.17, 15) is 0 Å². The zero-order valence-corrected chi connectivity index (χ0v) is 13.1. The Morgan fingerprint density at radius 2 is 2.00 bits per heavy atom. The number of hydrogen-bond donors (Lipinski definition) is 1. The first-order valence-corrected chi connectivity index (χ1v) is 7.97. The quantitative estimate of drug-likeness (QED) is 0.827. The van der Waals surface area contributed by atoms with E-state index in [1.165, 1.54) is 11.1 Å². The Labute approximate surface area is 135 Å². The zero-order chi connectivity index (χ0) is 14.7. The van der Waals surface area contributed by atoms with Crippen LogP contribution >= 0.6 is 23.2 Å². The van der Waals surface area contributed by atoms with Crippen LogP contribution in [0.2, 0.25) is 5.02 Å². The molecule has 2 nitrogen and oxygen atoms in total. The van der Waals surface area contributed by atoms with E-state index < -0.39 is 0 Å². The molecule has 110 valence electrons. The van der Waals surface area contributed by atoms with Crippen molar-refractivity contribution in [1.29, 1.82) is 0 Å². The number of ether oxygens (including phenoxy) is 1. The predicted molar refractivity (Wildman–Crippen MR) is 87.4 cm³/mol. The Balaban J connectivity index is 1.75. The van der Waals surface area contributed by atoms with Gasteiger partial charge < -0.3 is 10.1 Å². The topological polar surface area (TPSA) is 21.3 Å². The molecule has 0 saturated carbocycles. The second kappa shape index (κ2) is 6.69. The molecule has 0 fully saturated rings. The van der Waals surface area contributed by atoms with Gasteiger partial charge in [-0.3, -0.25) is 0 Å². The lowest BCUT2D eigenvalue weighted by Crippen LogP contribution is -2.22. The van der Waals surface area contributed by atoms with Gasteiger partial charge in [0.2, 0.25) is 0 Å². The average Bonchev–Trinajstić information content (AvgIpc) is 2.97. The van der Waals surface area contributed by atoms with E-state index in [2.05, 4.69) is 17.4 Å². The van der Waals surface area contributed by atoms with Gasteiger partial charge in [0.25, 0.3) is 0 Å². The van der Waals surface area contributed by atoms with E-state index in [-0.39, 0.29) is 6.04 Å². The van der Waals surface area contributed by atoms with Gasteiger partial charge in [0, 0.05) is 35.5 Å². The van der Waals surface area contributed by atoms with Gasteiger partial charge in [0.15, 0.2) is 0 Å². The molecule has 1 N–H and O–H groups in total. The lowest BCUT2D eigenvalue weighted by atomic mass is 10.1. The van der Waals surface area contributed by atoms with Crippen molar-refractivity contribution < 1.29 is 4.74 Å². The molecule has 0 spiro atoms. The first kappa shape index (κ1) is 14.7. The number of benzene rings is 2. The van der Waals surface area contributed by atoms with E-state index in [1.54, 1.807) is 0 Å². The fourth-order valence-corrected chi connectivity index (χ4v) is 3.21. The molecule has 0 aliphatic carbocycles. The minimum Gasteiger partial charge on any atom is -0.493 e. The summed E-state index contributed by atoms with van der Waals surface area (Å²) in [6.45, 7) is 1.43. The Bertz CT molecular complexity index is 616. The summed E-state index contributed by atoms with van der Waals surface area (Å²) in [6, 6.07) is 14.3. The summed E-state index contributed by atoms with van der Waals surface area (Å²) in [5.74, 6) is 1.50. The smallest absolute Gasteiger partial charge is 0.127 e. The molecular weight excluding hydrogens is 305 g/mol. The van der Waals surface area contributed by atoms with Crippen molar-refractivity contribution in [2.45, 2.75) is 19.0 Å². The van der Waals surface area contributed by atoms with Crippen LogP contribution in [0.25, 0.3) is 0 Å². The fourth-order valence-electron chi connectivity index (χ4n) is 2.66. The van der Waals surface area contributed by atoms with Crippen molar-refractivity contribution in [3.05, 3.63) is 64.2 Å². The molecule has 4 heteroatoms. The first-order chi connectivity index (χ1) is 10.3. The third kappa shape index (κ3) is 3.34. The molecule has 0 radical (unpaired) electrons. The number of hydrogen-bond acceptors (Lipinski definition) is 2. The fraction of sp³-hybridized carbons (Fsp3) is 0.294. The number of halogens is 2. The van der Waals surface area contributed by atoms with Gasteiger partial charge in [0.05, 0.1) is 6.61 Å². The molecule has 3 rings (SSSR count). The van der Waals surface area contributed by atoms with E-state index in [1.807, 2.05) is 30.3 Å². The number of fused-ring (bicyclic) bond motifs is 1. The Morgan fingerprint density at radius 1 is 1.19 bits per heavy atom. The SMILES string of the molecule is ClCC(NCc1cc(Cl)cc2c1OCC2)c1ccccc1. The van der Waals surface area contributed by atoms with Gasteiger partial charge in [-0.15, -0.1) is 11.6 Å². The Morgan fingerprint density at radius 3 is 2.76 bits per heavy atom. The van der Waals surface area contributed by atoms with Gasteiger partial charge in [0.1, 0.15) is 5.75 Å². The molecule has 2 aromatic carbocycles. The molecule has 1 atom stereocenters. The summed E-state index contributed by atoms with van der Waals surface area (Å²) in [4.78, 5) is 0. The zero-order valence-electron chi connectivity index (χ0n) is 11.6. The number of rotatable bonds is 5. The normalized spacial score (nSPS) is 14.6. The molecular formula is C17H17Cl2NO. The van der Waals surface area contributed by atoms with E-state index in [0.717, 1.165) is 29.4 Å². The summed E-state index contributed by atoms with van der Waals surface area (Å²) in [6.07, 6.45) is 0.931. The third-order valence-corrected chi connectivity index (χ3v) is 4.25. The molecule has 21 heavy (non-hydrogen) atoms. The lowest BCUT2D eigenvalue weighted by Gasteiger charge is -2.18. The molecule has 1 aliphatic rings. The van der Waals surface area contributed by atoms with Crippen LogP contribution in [0.1, 0.15) is 22.7 Å². The van der Waals surface area contributed by atoms with Crippen molar-refractivity contribution in [2.24, 2.45) is 0 Å². The highest BCUT2D eigenvalue weighted by molar-refractivity contribution is 6.30. The molecule has 1 heterocycles. The van der Waals surface area contributed by atoms with Crippen LogP contribution in [0.15, 0.2) is 42.5 Å². The van der Waals surface area contributed by atoms with Crippen LogP contribution in [0.3, 0.4) is 0 Å². The van der Waals surface area contributed by atoms with Crippen molar-refractivity contribution in [3.8, 4) is 5.75 Å². The molecule has 0 aromatic heterocycles. The van der Waals surface area contributed by atoms with Crippen molar-refractivity contribution in [2.75, 3.05) is 12.5 Å². The molecule has 1 unspecified atom stereocenters. The maximum absolute atomic E-state index is 6.19. The maximum Gasteiger partial charge on any atom is 0.127 e. The summed E-state index contributed by atoms with van der Waals surface area (Å²) < 4.78 is 5.72. The van der Waals surface area contributed by atoms with Crippen LogP contribution < -0.4 is 10.1 Å². The Kier molecular flexibility index (Phi) is 4.69. The van der Waals surface area contributed by atoms with Crippen LogP contribution in [-0.2, 0) is 13.0 Å². The monoisotopic (exact) mass is 321 g/mol. The minimum atomic E-state index is 0.115. The standard InChI is InChI=1S/C17H17Cl2NO/c18-10-16(12-4-2-1-3-5-12)20-11-14-9-15(19)8-13-6-7-21-17(13)14/h1-5,8-9,16,20H,6-7,10-11H2. The first-order valence-electron chi connectivity index (χ1n) is 7.06. The third-order valence-electron chi connectivity index (χ3n) is 3.72. The van der Waals surface area contributed by atoms with Gasteiger partial charge in [-0.1, -0.05) is 41.9 Å². The van der Waals surface area contributed by atoms with Crippen LogP contribution in [0.4, 0.5) is 0 Å². The summed E-state index contributed by atoms with van der Waals surface area (Å²) in [7, 11) is 0. The summed E-state index contributed by atoms with van der Waals surface area (Å²) in [5, 5.41) is 4.25. The van der Waals surface area contributed by atoms with Crippen LogP contribution in [-0.4, -0.2) is 12.5 Å². The molecule has 1 aliphatic heterocycles. The average molecular weight is 322 g/mol. The molecule has 0 saturated heterocycles. The van der Waals surface area contributed by atoms with Crippen LogP contribution in [0.5, 0.6) is 5.75 Å². The second-order valence-electron chi connectivity index (χ2n) is 5.15. The minimum absolute atomic E-state index is 0.115. The highest BCUT2D eigenvalue weighted by atomic mass is 35.5. The van der Waals surface area contributed by atoms with E-state index in [4.69, 9.17) is 27.9 Å². The second-order valence-corrected chi connectivity index (χ2v) is 5.90. The van der Waals surface area contributed by atoms with Gasteiger partial charge in [-0.25, -0.2) is 0 Å². The molecule has 2 aromatic rings. The Hall–Kier alpha value is -1.22. The maximum atomic E-state index is 6.19. The van der Waals surface area contributed by atoms with Gasteiger partial charge >= 0.3 is 0 Å². The van der Waals surface area contributed by atoms with E-state index >= 15 is 0 Å². The number of nitrogens with one attached hydrogen (secondary N) is 1. The molecule has 0 bridgehead atoms. The highest BCUT2D eigenvalue weighted by Crippen LogP contribution is 2.33. The van der Waals surface area contributed by atoms with Crippen molar-refractivity contribution in [3.63, 3.8) is 0 Å². The number of alkyl halides is 1. The predicted octanol–water partition coefficient (Wildman–Crippen LogP) is 4.34. The summed E-state index contributed by atoms with van der Waals surface area (Å²) in [5.41, 5.74) is 3.48. The van der Waals surface area contributed by atoms with Crippen molar-refractivity contribution in [1.82, 2.24) is 5.32 Å².